The monoisotopic (exact) mass is 370 g/mol. The highest BCUT2D eigenvalue weighted by atomic mass is 16.4. The molecule has 3 rings (SSSR count). The topological polar surface area (TPSA) is 105 Å². The van der Waals surface area contributed by atoms with Crippen LogP contribution in [-0.2, 0) is 0 Å². The molecule has 0 aliphatic heterocycles. The molecular weight excluding hydrogens is 356 g/mol. The zero-order chi connectivity index (χ0) is 19.9. The minimum absolute atomic E-state index is 0.108. The second kappa shape index (κ2) is 8.55. The lowest BCUT2D eigenvalue weighted by atomic mass is 10.1. The van der Waals surface area contributed by atoms with Crippen molar-refractivity contribution in [3.05, 3.63) is 95.1 Å². The molecule has 0 aliphatic rings. The van der Waals surface area contributed by atoms with Crippen LogP contribution >= 0.6 is 0 Å². The third-order valence-electron chi connectivity index (χ3n) is 3.87. The molecule has 0 fully saturated rings. The van der Waals surface area contributed by atoms with Gasteiger partial charge in [0.25, 0.3) is 0 Å². The average Bonchev–Trinajstić information content (AvgIpc) is 2.72. The number of hydrogen-bond donors (Lipinski definition) is 0. The van der Waals surface area contributed by atoms with Crippen LogP contribution < -0.4 is 10.2 Å². The summed E-state index contributed by atoms with van der Waals surface area (Å²) in [5, 5.41) is 21.4. The largest absolute Gasteiger partial charge is 0.545 e. The zero-order valence-electron chi connectivity index (χ0n) is 14.6. The number of aromatic carboxylic acids is 2. The van der Waals surface area contributed by atoms with Gasteiger partial charge in [0.1, 0.15) is 0 Å². The molecule has 3 aromatic carbocycles. The summed E-state index contributed by atoms with van der Waals surface area (Å²) in [5.41, 5.74) is 3.24. The van der Waals surface area contributed by atoms with E-state index in [9.17, 15) is 19.8 Å². The van der Waals surface area contributed by atoms with E-state index in [-0.39, 0.29) is 11.1 Å². The van der Waals surface area contributed by atoms with E-state index in [1.165, 1.54) is 24.3 Å². The summed E-state index contributed by atoms with van der Waals surface area (Å²) in [6.45, 7) is 0. The molecule has 0 bridgehead atoms. The van der Waals surface area contributed by atoms with E-state index >= 15 is 0 Å². The molecule has 0 atom stereocenters. The van der Waals surface area contributed by atoms with Crippen molar-refractivity contribution in [2.75, 3.05) is 0 Å². The molecular formula is C22H14N2O4-2. The van der Waals surface area contributed by atoms with Crippen molar-refractivity contribution in [2.24, 2.45) is 9.98 Å². The predicted molar refractivity (Wildman–Crippen MR) is 102 cm³/mol. The van der Waals surface area contributed by atoms with E-state index in [0.717, 1.165) is 11.1 Å². The molecule has 0 N–H and O–H groups in total. The SMILES string of the molecule is O=C([O-])c1ccc(N=Cc2ccc(C=Nc3ccc(C(=O)[O-])cc3)cc2)cc1. The van der Waals surface area contributed by atoms with E-state index in [2.05, 4.69) is 9.98 Å². The van der Waals surface area contributed by atoms with Crippen LogP contribution in [0, 0.1) is 0 Å². The number of nitrogens with zero attached hydrogens (tertiary/aromatic N) is 2. The normalized spacial score (nSPS) is 11.1. The van der Waals surface area contributed by atoms with E-state index in [4.69, 9.17) is 0 Å². The van der Waals surface area contributed by atoms with Gasteiger partial charge in [0.05, 0.1) is 23.3 Å². The Balaban J connectivity index is 1.64. The summed E-state index contributed by atoms with van der Waals surface area (Å²) in [4.78, 5) is 30.0. The first-order valence-corrected chi connectivity index (χ1v) is 8.32. The highest BCUT2D eigenvalue weighted by Crippen LogP contribution is 2.14. The van der Waals surface area contributed by atoms with Gasteiger partial charge in [0.2, 0.25) is 0 Å². The van der Waals surface area contributed by atoms with Gasteiger partial charge in [-0.05, 0) is 46.5 Å². The minimum atomic E-state index is -1.22. The fraction of sp³-hybridized carbons (Fsp3) is 0. The lowest BCUT2D eigenvalue weighted by molar-refractivity contribution is -0.256. The summed E-state index contributed by atoms with van der Waals surface area (Å²) in [7, 11) is 0. The van der Waals surface area contributed by atoms with Gasteiger partial charge in [-0.15, -0.1) is 0 Å². The van der Waals surface area contributed by atoms with Gasteiger partial charge in [0, 0.05) is 12.4 Å². The van der Waals surface area contributed by atoms with Gasteiger partial charge in [0.15, 0.2) is 0 Å². The summed E-state index contributed by atoms with van der Waals surface area (Å²) in [6, 6.07) is 19.7. The maximum Gasteiger partial charge on any atom is 0.0715 e. The molecule has 0 spiro atoms. The van der Waals surface area contributed by atoms with Crippen LogP contribution in [0.1, 0.15) is 31.8 Å². The highest BCUT2D eigenvalue weighted by molar-refractivity contribution is 5.88. The maximum absolute atomic E-state index is 10.7. The second-order valence-electron chi connectivity index (χ2n) is 5.85. The van der Waals surface area contributed by atoms with Crippen molar-refractivity contribution in [2.45, 2.75) is 0 Å². The van der Waals surface area contributed by atoms with E-state index in [1.807, 2.05) is 24.3 Å². The van der Waals surface area contributed by atoms with Gasteiger partial charge in [-0.3, -0.25) is 9.98 Å². The number of carbonyl (C=O) groups is 2. The average molecular weight is 370 g/mol. The summed E-state index contributed by atoms with van der Waals surface area (Å²) in [5.74, 6) is -2.44. The van der Waals surface area contributed by atoms with Gasteiger partial charge < -0.3 is 19.8 Å². The summed E-state index contributed by atoms with van der Waals surface area (Å²) in [6.07, 6.45) is 3.35. The quantitative estimate of drug-likeness (QED) is 0.618. The van der Waals surface area contributed by atoms with Crippen LogP contribution in [0.15, 0.2) is 82.8 Å². The van der Waals surface area contributed by atoms with Gasteiger partial charge in [-0.2, -0.15) is 0 Å². The van der Waals surface area contributed by atoms with Crippen molar-refractivity contribution in [1.82, 2.24) is 0 Å². The number of aliphatic imine (C=N–C) groups is 2. The van der Waals surface area contributed by atoms with Crippen LogP contribution in [0.3, 0.4) is 0 Å². The first-order valence-electron chi connectivity index (χ1n) is 8.32. The number of hydrogen-bond acceptors (Lipinski definition) is 6. The second-order valence-corrected chi connectivity index (χ2v) is 5.85. The molecule has 0 saturated heterocycles. The lowest BCUT2D eigenvalue weighted by Gasteiger charge is -2.02. The Bertz CT molecular complexity index is 949. The van der Waals surface area contributed by atoms with Crippen LogP contribution in [0.25, 0.3) is 0 Å². The van der Waals surface area contributed by atoms with E-state index < -0.39 is 11.9 Å². The van der Waals surface area contributed by atoms with Gasteiger partial charge in [-0.25, -0.2) is 0 Å². The number of rotatable bonds is 6. The fourth-order valence-electron chi connectivity index (χ4n) is 2.33. The van der Waals surface area contributed by atoms with Crippen LogP contribution in [0.4, 0.5) is 11.4 Å². The van der Waals surface area contributed by atoms with Gasteiger partial charge >= 0.3 is 0 Å². The minimum Gasteiger partial charge on any atom is -0.545 e. The molecule has 0 amide bonds. The molecule has 28 heavy (non-hydrogen) atoms. The maximum atomic E-state index is 10.7. The predicted octanol–water partition coefficient (Wildman–Crippen LogP) is 1.91. The molecule has 6 heteroatoms. The number of carboxylic acids is 2. The third-order valence-corrected chi connectivity index (χ3v) is 3.87. The molecule has 6 nitrogen and oxygen atoms in total. The Kier molecular flexibility index (Phi) is 5.72. The molecule has 0 aliphatic carbocycles. The zero-order valence-corrected chi connectivity index (χ0v) is 14.6. The van der Waals surface area contributed by atoms with Crippen LogP contribution in [0.5, 0.6) is 0 Å². The fourth-order valence-corrected chi connectivity index (χ4v) is 2.33. The molecule has 3 aromatic rings. The first-order chi connectivity index (χ1) is 13.5. The summed E-state index contributed by atoms with van der Waals surface area (Å²) >= 11 is 0. The molecule has 0 radical (unpaired) electrons. The van der Waals surface area contributed by atoms with E-state index in [0.29, 0.717) is 11.4 Å². The highest BCUT2D eigenvalue weighted by Gasteiger charge is 1.95. The molecule has 0 aromatic heterocycles. The van der Waals surface area contributed by atoms with Crippen molar-refractivity contribution in [3.63, 3.8) is 0 Å². The number of benzene rings is 3. The molecule has 138 valence electrons. The van der Waals surface area contributed by atoms with Crippen molar-refractivity contribution in [3.8, 4) is 0 Å². The summed E-state index contributed by atoms with van der Waals surface area (Å²) < 4.78 is 0. The van der Waals surface area contributed by atoms with Crippen molar-refractivity contribution < 1.29 is 19.8 Å². The number of carboxylic acid groups (broad SMARTS) is 2. The Morgan fingerprint density at radius 1 is 0.571 bits per heavy atom. The van der Waals surface area contributed by atoms with Crippen LogP contribution in [0.2, 0.25) is 0 Å². The Labute approximate surface area is 161 Å². The van der Waals surface area contributed by atoms with Crippen molar-refractivity contribution in [1.29, 1.82) is 0 Å². The van der Waals surface area contributed by atoms with E-state index in [1.54, 1.807) is 36.7 Å². The van der Waals surface area contributed by atoms with Gasteiger partial charge in [-0.1, -0.05) is 48.5 Å². The lowest BCUT2D eigenvalue weighted by Crippen LogP contribution is -2.21. The molecule has 0 unspecified atom stereocenters. The number of carbonyl (C=O) groups excluding carboxylic acids is 2. The Morgan fingerprint density at radius 3 is 1.18 bits per heavy atom. The Morgan fingerprint density at radius 2 is 0.893 bits per heavy atom. The third kappa shape index (κ3) is 4.98. The van der Waals surface area contributed by atoms with Crippen LogP contribution in [-0.4, -0.2) is 24.4 Å². The molecule has 0 heterocycles. The smallest absolute Gasteiger partial charge is 0.0715 e. The Hall–Kier alpha value is -4.06. The standard InChI is InChI=1S/C22H16N2O4/c25-21(26)17-5-9-19(10-6-17)23-13-15-1-2-16(4-3-15)14-24-20-11-7-18(8-12-20)22(27)28/h1-14H,(H,25,26)(H,27,28)/p-2. The molecule has 0 saturated carbocycles. The first kappa shape index (κ1) is 18.7. The van der Waals surface area contributed by atoms with Crippen molar-refractivity contribution >= 4 is 35.7 Å².